The Morgan fingerprint density at radius 2 is 0.833 bits per heavy atom. The number of unbranched alkanes of at least 4 members (excludes halogenated alkanes) is 30. The number of nitrogens with zero attached hydrogens (tertiary/aromatic N) is 2. The molecule has 0 aliphatic carbocycles. The predicted molar refractivity (Wildman–Crippen MR) is 273 cm³/mol. The molecule has 1 aromatic carbocycles. The molecule has 2 rings (SSSR count). The second-order valence-corrected chi connectivity index (χ2v) is 22.3. The number of hydrogen-bond donors (Lipinski definition) is 3. The summed E-state index contributed by atoms with van der Waals surface area (Å²) in [5.41, 5.74) is 9.17. The topological polar surface area (TPSA) is 59.9 Å². The third-order valence-corrected chi connectivity index (χ3v) is 14.3. The molecule has 1 heterocycles. The van der Waals surface area contributed by atoms with E-state index in [2.05, 4.69) is 89.1 Å². The number of hydrogen-bond acceptors (Lipinski definition) is 6. The van der Waals surface area contributed by atoms with E-state index in [4.69, 9.17) is 4.99 Å². The van der Waals surface area contributed by atoms with Crippen molar-refractivity contribution in [3.05, 3.63) is 34.4 Å². The van der Waals surface area contributed by atoms with Gasteiger partial charge in [-0.1, -0.05) is 248 Å². The zero-order chi connectivity index (χ0) is 43.7. The summed E-state index contributed by atoms with van der Waals surface area (Å²) in [6, 6.07) is 4.21. The van der Waals surface area contributed by atoms with E-state index in [1.807, 2.05) is 23.7 Å². The summed E-state index contributed by atoms with van der Waals surface area (Å²) in [6.45, 7) is 17.7. The molecule has 0 amide bonds. The van der Waals surface area contributed by atoms with Crippen LogP contribution in [-0.2, 0) is 10.8 Å². The average Bonchev–Trinajstić information content (AvgIpc) is 3.20. The molecular formula is C53H98N4OS2. The van der Waals surface area contributed by atoms with Crippen LogP contribution in [0.1, 0.15) is 272 Å². The second kappa shape index (κ2) is 34.1. The Morgan fingerprint density at radius 1 is 0.500 bits per heavy atom. The molecule has 0 saturated carbocycles. The third kappa shape index (κ3) is 25.7. The molecule has 0 atom stereocenters. The quantitative estimate of drug-likeness (QED) is 0.0457. The van der Waals surface area contributed by atoms with Crippen LogP contribution in [0.3, 0.4) is 0 Å². The van der Waals surface area contributed by atoms with Gasteiger partial charge in [-0.15, -0.1) is 17.3 Å². The van der Waals surface area contributed by atoms with E-state index in [-0.39, 0.29) is 10.8 Å². The summed E-state index contributed by atoms with van der Waals surface area (Å²) in [5.74, 6) is 3.52. The van der Waals surface area contributed by atoms with Gasteiger partial charge in [0.2, 0.25) is 0 Å². The van der Waals surface area contributed by atoms with Gasteiger partial charge in [-0.05, 0) is 53.5 Å². The van der Waals surface area contributed by atoms with Gasteiger partial charge in [0.05, 0.1) is 10.6 Å². The van der Waals surface area contributed by atoms with E-state index in [0.29, 0.717) is 5.75 Å². The standard InChI is InChI=1S/C53H98N4OS2/c1-9-11-13-15-17-19-21-23-25-27-29-31-33-35-37-39-41-59-49-45-54-56-57(51(49)55-46-43-47(52(3,4)5)50(58)48(44-46)53(6,7)8)60-42-40-38-36-34-32-30-28-26-24-22-20-18-16-14-12-10-2/h43-45,54,56,58H,9-42H2,1-8H3. The number of aliphatic imine (C=N–C) groups is 1. The predicted octanol–water partition coefficient (Wildman–Crippen LogP) is 18.1. The van der Waals surface area contributed by atoms with Gasteiger partial charge in [-0.2, -0.15) is 0 Å². The lowest BCUT2D eigenvalue weighted by Gasteiger charge is -2.31. The molecule has 0 bridgehead atoms. The maximum Gasteiger partial charge on any atom is 0.170 e. The van der Waals surface area contributed by atoms with Crippen LogP contribution in [0.15, 0.2) is 28.2 Å². The first-order valence-corrected chi connectivity index (χ1v) is 27.7. The van der Waals surface area contributed by atoms with Crippen LogP contribution in [0.4, 0.5) is 5.69 Å². The third-order valence-electron chi connectivity index (χ3n) is 12.2. The molecule has 7 heteroatoms. The summed E-state index contributed by atoms with van der Waals surface area (Å²) in [5, 5.41) is 11.4. The minimum absolute atomic E-state index is 0.199. The number of phenols is 1. The second-order valence-electron chi connectivity index (χ2n) is 20.2. The van der Waals surface area contributed by atoms with E-state index < -0.39 is 0 Å². The van der Waals surface area contributed by atoms with Crippen molar-refractivity contribution in [2.75, 3.05) is 11.5 Å². The van der Waals surface area contributed by atoms with Crippen LogP contribution < -0.4 is 11.0 Å². The zero-order valence-corrected chi connectivity index (χ0v) is 42.6. The minimum atomic E-state index is -0.199. The average molecular weight is 872 g/mol. The molecule has 3 N–H and O–H groups in total. The molecule has 0 aromatic heterocycles. The van der Waals surface area contributed by atoms with Crippen LogP contribution in [0.25, 0.3) is 0 Å². The van der Waals surface area contributed by atoms with Crippen LogP contribution in [0.2, 0.25) is 0 Å². The molecule has 1 aliphatic rings. The SMILES string of the molecule is CCCCCCCCCCCCCCCCCCSC1=CNNN(SCCCCCCCCCCCCCCCCCC)C1=Nc1cc(C(C)(C)C)c(O)c(C(C)(C)C)c1. The molecule has 60 heavy (non-hydrogen) atoms. The van der Waals surface area contributed by atoms with Gasteiger partial charge < -0.3 is 10.5 Å². The normalized spacial score (nSPS) is 14.3. The van der Waals surface area contributed by atoms with Crippen molar-refractivity contribution in [3.8, 4) is 5.75 Å². The number of amidine groups is 1. The first-order valence-electron chi connectivity index (χ1n) is 25.7. The molecular weight excluding hydrogens is 773 g/mol. The molecule has 0 saturated heterocycles. The monoisotopic (exact) mass is 871 g/mol. The van der Waals surface area contributed by atoms with Gasteiger partial charge in [0.15, 0.2) is 5.84 Å². The number of nitrogens with one attached hydrogen (secondary N) is 2. The number of rotatable bonds is 37. The Hall–Kier alpha value is -1.31. The van der Waals surface area contributed by atoms with Crippen molar-refractivity contribution < 1.29 is 5.11 Å². The van der Waals surface area contributed by atoms with Crippen molar-refractivity contribution in [2.45, 2.75) is 272 Å². The molecule has 1 aliphatic heterocycles. The van der Waals surface area contributed by atoms with Crippen LogP contribution >= 0.6 is 23.7 Å². The number of benzene rings is 1. The molecule has 1 aromatic rings. The largest absolute Gasteiger partial charge is 0.507 e. The molecule has 0 unspecified atom stereocenters. The lowest BCUT2D eigenvalue weighted by Crippen LogP contribution is -2.48. The molecule has 0 fully saturated rings. The maximum absolute atomic E-state index is 11.4. The number of aromatic hydroxyl groups is 1. The highest BCUT2D eigenvalue weighted by Gasteiger charge is 2.28. The summed E-state index contributed by atoms with van der Waals surface area (Å²) < 4.78 is 2.15. The van der Waals surface area contributed by atoms with E-state index >= 15 is 0 Å². The highest BCUT2D eigenvalue weighted by Crippen LogP contribution is 2.42. The molecule has 0 spiro atoms. The highest BCUT2D eigenvalue weighted by atomic mass is 32.2. The van der Waals surface area contributed by atoms with Crippen molar-refractivity contribution in [3.63, 3.8) is 0 Å². The van der Waals surface area contributed by atoms with Crippen molar-refractivity contribution >= 4 is 35.2 Å². The fraction of sp³-hybridized carbons (Fsp3) is 0.830. The Morgan fingerprint density at radius 3 is 1.18 bits per heavy atom. The van der Waals surface area contributed by atoms with Gasteiger partial charge in [-0.25, -0.2) is 9.41 Å². The van der Waals surface area contributed by atoms with Gasteiger partial charge >= 0.3 is 0 Å². The number of thioether (sulfide) groups is 1. The van der Waals surface area contributed by atoms with Gasteiger partial charge in [0, 0.05) is 23.1 Å². The summed E-state index contributed by atoms with van der Waals surface area (Å²) in [6.07, 6.45) is 46.7. The minimum Gasteiger partial charge on any atom is -0.507 e. The molecule has 0 radical (unpaired) electrons. The van der Waals surface area contributed by atoms with E-state index in [9.17, 15) is 5.11 Å². The fourth-order valence-corrected chi connectivity index (χ4v) is 10.2. The summed E-state index contributed by atoms with van der Waals surface area (Å²) in [4.78, 5) is 6.56. The van der Waals surface area contributed by atoms with E-state index in [1.54, 1.807) is 0 Å². The van der Waals surface area contributed by atoms with Crippen LogP contribution in [0.5, 0.6) is 5.75 Å². The van der Waals surface area contributed by atoms with E-state index in [1.165, 1.54) is 210 Å². The summed E-state index contributed by atoms with van der Waals surface area (Å²) in [7, 11) is 0. The lowest BCUT2D eigenvalue weighted by atomic mass is 9.79. The first kappa shape index (κ1) is 54.8. The van der Waals surface area contributed by atoms with Gasteiger partial charge in [0.1, 0.15) is 5.75 Å². The Labute approximate surface area is 382 Å². The van der Waals surface area contributed by atoms with Crippen molar-refractivity contribution in [1.82, 2.24) is 15.4 Å². The zero-order valence-electron chi connectivity index (χ0n) is 40.9. The number of phenolic OH excluding ortho intramolecular Hbond substituents is 1. The van der Waals surface area contributed by atoms with Crippen molar-refractivity contribution in [1.29, 1.82) is 0 Å². The molecule has 5 nitrogen and oxygen atoms in total. The maximum atomic E-state index is 11.4. The fourth-order valence-electron chi connectivity index (χ4n) is 8.26. The van der Waals surface area contributed by atoms with Crippen molar-refractivity contribution in [2.24, 2.45) is 4.99 Å². The van der Waals surface area contributed by atoms with E-state index in [0.717, 1.165) is 34.2 Å². The van der Waals surface area contributed by atoms with Crippen LogP contribution in [0, 0.1) is 0 Å². The Kier molecular flexibility index (Phi) is 31.2. The molecule has 348 valence electrons. The lowest BCUT2D eigenvalue weighted by molar-refractivity contribution is 0.423. The number of hydrazine groups is 2. The van der Waals surface area contributed by atoms with Gasteiger partial charge in [0.25, 0.3) is 0 Å². The Balaban J connectivity index is 1.83. The Bertz CT molecular complexity index is 1230. The van der Waals surface area contributed by atoms with Crippen LogP contribution in [-0.4, -0.2) is 26.9 Å². The van der Waals surface area contributed by atoms with Gasteiger partial charge in [-0.3, -0.25) is 0 Å². The summed E-state index contributed by atoms with van der Waals surface area (Å²) >= 11 is 3.75. The first-order chi connectivity index (χ1) is 29.0. The smallest absolute Gasteiger partial charge is 0.170 e. The highest BCUT2D eigenvalue weighted by molar-refractivity contribution is 8.04.